The Hall–Kier alpha value is -3.90. The summed E-state index contributed by atoms with van der Waals surface area (Å²) in [7, 11) is 0. The van der Waals surface area contributed by atoms with E-state index in [1.807, 2.05) is 90.7 Å². The van der Waals surface area contributed by atoms with Crippen molar-refractivity contribution in [2.24, 2.45) is 0 Å². The predicted octanol–water partition coefficient (Wildman–Crippen LogP) is 5.87. The van der Waals surface area contributed by atoms with Crippen LogP contribution >= 0.6 is 11.6 Å². The molecule has 0 unspecified atom stereocenters. The zero-order valence-corrected chi connectivity index (χ0v) is 20.8. The number of pyridine rings is 1. The number of benzene rings is 3. The zero-order valence-electron chi connectivity index (χ0n) is 20.1. The number of piperazine rings is 1. The first-order valence-electron chi connectivity index (χ1n) is 12.1. The quantitative estimate of drug-likeness (QED) is 0.374. The molecule has 7 heteroatoms. The Morgan fingerprint density at radius 3 is 2.31 bits per heavy atom. The highest BCUT2D eigenvalue weighted by molar-refractivity contribution is 6.30. The summed E-state index contributed by atoms with van der Waals surface area (Å²) in [4.78, 5) is 34.4. The molecule has 0 spiro atoms. The molecule has 5 rings (SSSR count). The van der Waals surface area contributed by atoms with Gasteiger partial charge in [-0.2, -0.15) is 0 Å². The lowest BCUT2D eigenvalue weighted by Crippen LogP contribution is -2.48. The molecular formula is C29H27ClN4O2. The Morgan fingerprint density at radius 2 is 1.61 bits per heavy atom. The fraction of sp³-hybridized carbons (Fsp3) is 0.207. The van der Waals surface area contributed by atoms with Crippen LogP contribution in [0.4, 0.5) is 11.4 Å². The van der Waals surface area contributed by atoms with E-state index in [0.29, 0.717) is 30.1 Å². The number of anilines is 2. The normalized spacial score (nSPS) is 13.6. The lowest BCUT2D eigenvalue weighted by atomic mass is 10.0. The average Bonchev–Trinajstić information content (AvgIpc) is 2.93. The van der Waals surface area contributed by atoms with Gasteiger partial charge in [-0.3, -0.25) is 9.59 Å². The number of hydrogen-bond acceptors (Lipinski definition) is 4. The van der Waals surface area contributed by atoms with Crippen LogP contribution in [0.5, 0.6) is 0 Å². The number of nitrogens with one attached hydrogen (secondary N) is 1. The van der Waals surface area contributed by atoms with Gasteiger partial charge in [-0.15, -0.1) is 0 Å². The van der Waals surface area contributed by atoms with Gasteiger partial charge >= 0.3 is 0 Å². The maximum absolute atomic E-state index is 13.7. The Balaban J connectivity index is 1.39. The van der Waals surface area contributed by atoms with Crippen LogP contribution in [-0.2, 0) is 4.79 Å². The van der Waals surface area contributed by atoms with Crippen molar-refractivity contribution < 1.29 is 9.59 Å². The molecule has 1 aliphatic rings. The van der Waals surface area contributed by atoms with E-state index >= 15 is 0 Å². The molecular weight excluding hydrogens is 472 g/mol. The molecule has 6 nitrogen and oxygen atoms in total. The molecule has 1 saturated heterocycles. The van der Waals surface area contributed by atoms with Gasteiger partial charge in [0.25, 0.3) is 5.91 Å². The van der Waals surface area contributed by atoms with Gasteiger partial charge < -0.3 is 15.1 Å². The van der Waals surface area contributed by atoms with Crippen LogP contribution in [0.2, 0.25) is 5.02 Å². The lowest BCUT2D eigenvalue weighted by Gasteiger charge is -2.36. The molecule has 0 aliphatic carbocycles. The summed E-state index contributed by atoms with van der Waals surface area (Å²) in [5.74, 6) is -0.0203. The first-order chi connectivity index (χ1) is 17.5. The van der Waals surface area contributed by atoms with Crippen molar-refractivity contribution in [3.05, 3.63) is 89.4 Å². The Kier molecular flexibility index (Phi) is 6.87. The second-order valence-electron chi connectivity index (χ2n) is 8.81. The van der Waals surface area contributed by atoms with Gasteiger partial charge in [0.05, 0.1) is 16.8 Å². The molecule has 4 aromatic rings. The van der Waals surface area contributed by atoms with Crippen LogP contribution in [0.25, 0.3) is 22.2 Å². The number of aromatic nitrogens is 1. The second-order valence-corrected chi connectivity index (χ2v) is 9.24. The molecule has 36 heavy (non-hydrogen) atoms. The highest BCUT2D eigenvalue weighted by atomic mass is 35.5. The molecule has 1 aliphatic heterocycles. The van der Waals surface area contributed by atoms with E-state index in [1.54, 1.807) is 0 Å². The van der Waals surface area contributed by atoms with Crippen LogP contribution in [0, 0.1) is 0 Å². The van der Waals surface area contributed by atoms with Crippen LogP contribution in [-0.4, -0.2) is 47.9 Å². The van der Waals surface area contributed by atoms with Gasteiger partial charge in [-0.1, -0.05) is 48.9 Å². The largest absolute Gasteiger partial charge is 0.368 e. The molecule has 0 saturated carbocycles. The Labute approximate surface area is 215 Å². The fourth-order valence-corrected chi connectivity index (χ4v) is 4.59. The third kappa shape index (κ3) is 5.04. The van der Waals surface area contributed by atoms with Crippen LogP contribution < -0.4 is 10.2 Å². The summed E-state index contributed by atoms with van der Waals surface area (Å²) in [5.41, 5.74) is 4.89. The molecule has 182 valence electrons. The number of amides is 2. The molecule has 1 N–H and O–H groups in total. The van der Waals surface area contributed by atoms with Crippen molar-refractivity contribution in [1.82, 2.24) is 9.88 Å². The number of halogens is 1. The molecule has 2 heterocycles. The van der Waals surface area contributed by atoms with Gasteiger partial charge in [0, 0.05) is 59.9 Å². The fourth-order valence-electron chi connectivity index (χ4n) is 4.46. The summed E-state index contributed by atoms with van der Waals surface area (Å²) in [6.45, 7) is 4.61. The minimum atomic E-state index is -0.0318. The van der Waals surface area contributed by atoms with Crippen molar-refractivity contribution in [3.8, 4) is 11.3 Å². The maximum atomic E-state index is 13.7. The van der Waals surface area contributed by atoms with Crippen molar-refractivity contribution >= 4 is 45.7 Å². The van der Waals surface area contributed by atoms with Gasteiger partial charge in [-0.25, -0.2) is 4.98 Å². The number of nitrogens with zero attached hydrogens (tertiary/aromatic N) is 3. The monoisotopic (exact) mass is 498 g/mol. The molecule has 0 radical (unpaired) electrons. The van der Waals surface area contributed by atoms with E-state index in [9.17, 15) is 9.59 Å². The maximum Gasteiger partial charge on any atom is 0.254 e. The standard InChI is InChI=1S/C29H27ClN4O2/c1-2-28(35)31-22-11-7-20(8-12-22)27-19-25(24-5-3-4-6-26(24)32-27)29(36)34-17-15-33(16-18-34)23-13-9-21(30)10-14-23/h3-14,19H,2,15-18H2,1H3,(H,31,35). The summed E-state index contributed by atoms with van der Waals surface area (Å²) < 4.78 is 0. The number of rotatable bonds is 5. The molecule has 1 fully saturated rings. The average molecular weight is 499 g/mol. The highest BCUT2D eigenvalue weighted by Gasteiger charge is 2.24. The van der Waals surface area contributed by atoms with Crippen molar-refractivity contribution in [1.29, 1.82) is 0 Å². The first kappa shape index (κ1) is 23.8. The van der Waals surface area contributed by atoms with E-state index in [4.69, 9.17) is 16.6 Å². The van der Waals surface area contributed by atoms with Gasteiger partial charge in [0.2, 0.25) is 5.91 Å². The van der Waals surface area contributed by atoms with E-state index in [2.05, 4.69) is 10.2 Å². The van der Waals surface area contributed by atoms with Crippen LogP contribution in [0.3, 0.4) is 0 Å². The van der Waals surface area contributed by atoms with Crippen molar-refractivity contribution in [2.75, 3.05) is 36.4 Å². The molecule has 0 atom stereocenters. The SMILES string of the molecule is CCC(=O)Nc1ccc(-c2cc(C(=O)N3CCN(c4ccc(Cl)cc4)CC3)c3ccccc3n2)cc1. The minimum absolute atomic E-state index is 0.0115. The molecule has 3 aromatic carbocycles. The minimum Gasteiger partial charge on any atom is -0.368 e. The number of carbonyl (C=O) groups is 2. The highest BCUT2D eigenvalue weighted by Crippen LogP contribution is 2.28. The van der Waals surface area contributed by atoms with Crippen LogP contribution in [0.15, 0.2) is 78.9 Å². The number of fused-ring (bicyclic) bond motifs is 1. The van der Waals surface area contributed by atoms with Gasteiger partial charge in [0.15, 0.2) is 0 Å². The summed E-state index contributed by atoms with van der Waals surface area (Å²) in [5, 5.41) is 4.42. The molecule has 1 aromatic heterocycles. The topological polar surface area (TPSA) is 65.5 Å². The zero-order chi connectivity index (χ0) is 25.1. The van der Waals surface area contributed by atoms with Crippen LogP contribution in [0.1, 0.15) is 23.7 Å². The van der Waals surface area contributed by atoms with E-state index in [-0.39, 0.29) is 11.8 Å². The predicted molar refractivity (Wildman–Crippen MR) is 146 cm³/mol. The Bertz CT molecular complexity index is 1400. The summed E-state index contributed by atoms with van der Waals surface area (Å²) in [6.07, 6.45) is 0.424. The van der Waals surface area contributed by atoms with Gasteiger partial charge in [-0.05, 0) is 48.5 Å². The Morgan fingerprint density at radius 1 is 0.917 bits per heavy atom. The molecule has 2 amide bonds. The van der Waals surface area contributed by atoms with E-state index in [1.165, 1.54) is 0 Å². The first-order valence-corrected chi connectivity index (χ1v) is 12.5. The third-order valence-electron chi connectivity index (χ3n) is 6.49. The van der Waals surface area contributed by atoms with Crippen molar-refractivity contribution in [3.63, 3.8) is 0 Å². The number of carbonyl (C=O) groups excluding carboxylic acids is 2. The lowest BCUT2D eigenvalue weighted by molar-refractivity contribution is -0.115. The second kappa shape index (κ2) is 10.4. The van der Waals surface area contributed by atoms with E-state index < -0.39 is 0 Å². The smallest absolute Gasteiger partial charge is 0.254 e. The van der Waals surface area contributed by atoms with Crippen molar-refractivity contribution in [2.45, 2.75) is 13.3 Å². The third-order valence-corrected chi connectivity index (χ3v) is 6.74. The molecule has 0 bridgehead atoms. The number of hydrogen-bond donors (Lipinski definition) is 1. The summed E-state index contributed by atoms with van der Waals surface area (Å²) >= 11 is 6.03. The van der Waals surface area contributed by atoms with E-state index in [0.717, 1.165) is 46.6 Å². The number of para-hydroxylation sites is 1. The van der Waals surface area contributed by atoms with Gasteiger partial charge in [0.1, 0.15) is 0 Å². The summed E-state index contributed by atoms with van der Waals surface area (Å²) in [6, 6.07) is 25.0.